The SMILES string of the molecule is CCN(CCOC)C(CN)c1sccc1C. The molecular formula is C12H22N2OS. The van der Waals surface area contributed by atoms with Crippen LogP contribution in [-0.2, 0) is 4.74 Å². The highest BCUT2D eigenvalue weighted by atomic mass is 32.1. The van der Waals surface area contributed by atoms with Gasteiger partial charge in [0.25, 0.3) is 0 Å². The second kappa shape index (κ2) is 7.01. The Kier molecular flexibility index (Phi) is 5.98. The van der Waals surface area contributed by atoms with Crippen molar-refractivity contribution in [2.24, 2.45) is 5.73 Å². The van der Waals surface area contributed by atoms with Gasteiger partial charge in [0.2, 0.25) is 0 Å². The molecule has 0 spiro atoms. The Morgan fingerprint density at radius 3 is 2.75 bits per heavy atom. The Bertz CT molecular complexity index is 301. The van der Waals surface area contributed by atoms with Gasteiger partial charge < -0.3 is 10.5 Å². The van der Waals surface area contributed by atoms with Crippen molar-refractivity contribution in [3.8, 4) is 0 Å². The zero-order valence-electron chi connectivity index (χ0n) is 10.4. The van der Waals surface area contributed by atoms with Gasteiger partial charge in [-0.3, -0.25) is 4.90 Å². The molecule has 0 bridgehead atoms. The van der Waals surface area contributed by atoms with Gasteiger partial charge in [-0.05, 0) is 30.5 Å². The zero-order chi connectivity index (χ0) is 12.0. The number of aryl methyl sites for hydroxylation is 1. The first kappa shape index (κ1) is 13.6. The lowest BCUT2D eigenvalue weighted by Gasteiger charge is -2.29. The summed E-state index contributed by atoms with van der Waals surface area (Å²) in [6.45, 7) is 7.68. The molecule has 0 saturated heterocycles. The van der Waals surface area contributed by atoms with Crippen molar-refractivity contribution >= 4 is 11.3 Å². The standard InChI is InChI=1S/C12H22N2OS/c1-4-14(6-7-15-3)11(9-13)12-10(2)5-8-16-12/h5,8,11H,4,6-7,9,13H2,1-3H3. The molecule has 0 radical (unpaired) electrons. The summed E-state index contributed by atoms with van der Waals surface area (Å²) in [5.41, 5.74) is 7.25. The zero-order valence-corrected chi connectivity index (χ0v) is 11.2. The summed E-state index contributed by atoms with van der Waals surface area (Å²) in [7, 11) is 1.74. The molecule has 2 N–H and O–H groups in total. The van der Waals surface area contributed by atoms with E-state index in [1.54, 1.807) is 18.4 Å². The van der Waals surface area contributed by atoms with E-state index in [9.17, 15) is 0 Å². The van der Waals surface area contributed by atoms with E-state index in [1.165, 1.54) is 10.4 Å². The highest BCUT2D eigenvalue weighted by Crippen LogP contribution is 2.27. The number of rotatable bonds is 7. The molecule has 0 aliphatic heterocycles. The first-order valence-electron chi connectivity index (χ1n) is 5.71. The van der Waals surface area contributed by atoms with E-state index < -0.39 is 0 Å². The molecule has 0 saturated carbocycles. The summed E-state index contributed by atoms with van der Waals surface area (Å²) in [5.74, 6) is 0. The monoisotopic (exact) mass is 242 g/mol. The van der Waals surface area contributed by atoms with Crippen LogP contribution in [0.25, 0.3) is 0 Å². The number of thiophene rings is 1. The van der Waals surface area contributed by atoms with Crippen molar-refractivity contribution in [1.82, 2.24) is 4.90 Å². The third-order valence-electron chi connectivity index (χ3n) is 2.86. The first-order chi connectivity index (χ1) is 7.74. The van der Waals surface area contributed by atoms with Crippen LogP contribution in [-0.4, -0.2) is 38.3 Å². The Hall–Kier alpha value is -0.420. The van der Waals surface area contributed by atoms with Gasteiger partial charge in [-0.15, -0.1) is 11.3 Å². The van der Waals surface area contributed by atoms with Crippen molar-refractivity contribution in [1.29, 1.82) is 0 Å². The smallest absolute Gasteiger partial charge is 0.0589 e. The number of hydrogen-bond acceptors (Lipinski definition) is 4. The minimum absolute atomic E-state index is 0.333. The van der Waals surface area contributed by atoms with Crippen LogP contribution in [0.3, 0.4) is 0 Å². The fraction of sp³-hybridized carbons (Fsp3) is 0.667. The van der Waals surface area contributed by atoms with Crippen LogP contribution in [0.5, 0.6) is 0 Å². The number of likely N-dealkylation sites (N-methyl/N-ethyl adjacent to an activating group) is 1. The molecule has 0 aromatic carbocycles. The molecule has 1 rings (SSSR count). The largest absolute Gasteiger partial charge is 0.383 e. The van der Waals surface area contributed by atoms with E-state index in [1.807, 2.05) is 0 Å². The van der Waals surface area contributed by atoms with Gasteiger partial charge in [0.1, 0.15) is 0 Å². The Labute approximate surface area is 102 Å². The molecule has 1 atom stereocenters. The van der Waals surface area contributed by atoms with Gasteiger partial charge >= 0.3 is 0 Å². The Morgan fingerprint density at radius 1 is 1.56 bits per heavy atom. The molecule has 0 aliphatic rings. The third kappa shape index (κ3) is 3.28. The van der Waals surface area contributed by atoms with E-state index in [0.29, 0.717) is 12.6 Å². The van der Waals surface area contributed by atoms with Crippen molar-refractivity contribution in [2.75, 3.05) is 33.4 Å². The molecule has 1 unspecified atom stereocenters. The van der Waals surface area contributed by atoms with E-state index in [2.05, 4.69) is 30.2 Å². The topological polar surface area (TPSA) is 38.5 Å². The Morgan fingerprint density at radius 2 is 2.31 bits per heavy atom. The second-order valence-electron chi connectivity index (χ2n) is 3.84. The van der Waals surface area contributed by atoms with Crippen LogP contribution in [0, 0.1) is 6.92 Å². The number of ether oxygens (including phenoxy) is 1. The van der Waals surface area contributed by atoms with Crippen LogP contribution < -0.4 is 5.73 Å². The second-order valence-corrected chi connectivity index (χ2v) is 4.79. The number of nitrogens with zero attached hydrogens (tertiary/aromatic N) is 1. The minimum Gasteiger partial charge on any atom is -0.383 e. The van der Waals surface area contributed by atoms with Crippen molar-refractivity contribution in [2.45, 2.75) is 19.9 Å². The maximum atomic E-state index is 5.91. The average molecular weight is 242 g/mol. The molecule has 0 fully saturated rings. The van der Waals surface area contributed by atoms with Crippen LogP contribution >= 0.6 is 11.3 Å². The molecule has 1 aromatic heterocycles. The van der Waals surface area contributed by atoms with Gasteiger partial charge in [0, 0.05) is 25.1 Å². The van der Waals surface area contributed by atoms with E-state index >= 15 is 0 Å². The number of nitrogens with two attached hydrogens (primary N) is 1. The lowest BCUT2D eigenvalue weighted by Crippen LogP contribution is -2.35. The summed E-state index contributed by atoms with van der Waals surface area (Å²) < 4.78 is 5.14. The first-order valence-corrected chi connectivity index (χ1v) is 6.59. The summed E-state index contributed by atoms with van der Waals surface area (Å²) in [4.78, 5) is 3.77. The maximum Gasteiger partial charge on any atom is 0.0589 e. The number of hydrogen-bond donors (Lipinski definition) is 1. The van der Waals surface area contributed by atoms with Crippen molar-refractivity contribution in [3.05, 3.63) is 21.9 Å². The Balaban J connectivity index is 2.75. The normalized spacial score (nSPS) is 13.3. The quantitative estimate of drug-likeness (QED) is 0.795. The molecule has 92 valence electrons. The molecular weight excluding hydrogens is 220 g/mol. The molecule has 4 heteroatoms. The van der Waals surface area contributed by atoms with Crippen LogP contribution in [0.2, 0.25) is 0 Å². The fourth-order valence-corrected chi connectivity index (χ4v) is 2.97. The third-order valence-corrected chi connectivity index (χ3v) is 3.98. The highest BCUT2D eigenvalue weighted by molar-refractivity contribution is 7.10. The van der Waals surface area contributed by atoms with Crippen LogP contribution in [0.4, 0.5) is 0 Å². The predicted molar refractivity (Wildman–Crippen MR) is 70.0 cm³/mol. The summed E-state index contributed by atoms with van der Waals surface area (Å²) >= 11 is 1.80. The molecule has 3 nitrogen and oxygen atoms in total. The summed E-state index contributed by atoms with van der Waals surface area (Å²) in [5, 5.41) is 2.14. The molecule has 0 aliphatic carbocycles. The van der Waals surface area contributed by atoms with Gasteiger partial charge in [0.15, 0.2) is 0 Å². The van der Waals surface area contributed by atoms with Crippen molar-refractivity contribution in [3.63, 3.8) is 0 Å². The van der Waals surface area contributed by atoms with Gasteiger partial charge in [-0.1, -0.05) is 6.92 Å². The molecule has 1 heterocycles. The summed E-state index contributed by atoms with van der Waals surface area (Å²) in [6.07, 6.45) is 0. The highest BCUT2D eigenvalue weighted by Gasteiger charge is 2.19. The molecule has 16 heavy (non-hydrogen) atoms. The molecule has 1 aromatic rings. The van der Waals surface area contributed by atoms with Crippen LogP contribution in [0.15, 0.2) is 11.4 Å². The fourth-order valence-electron chi connectivity index (χ4n) is 1.89. The summed E-state index contributed by atoms with van der Waals surface area (Å²) in [6, 6.07) is 2.49. The predicted octanol–water partition coefficient (Wildman–Crippen LogP) is 2.02. The van der Waals surface area contributed by atoms with Gasteiger partial charge in [0.05, 0.1) is 12.6 Å². The number of methoxy groups -OCH3 is 1. The lowest BCUT2D eigenvalue weighted by molar-refractivity contribution is 0.126. The van der Waals surface area contributed by atoms with Crippen molar-refractivity contribution < 1.29 is 4.74 Å². The van der Waals surface area contributed by atoms with E-state index in [0.717, 1.165) is 19.7 Å². The van der Waals surface area contributed by atoms with E-state index in [-0.39, 0.29) is 0 Å². The van der Waals surface area contributed by atoms with Gasteiger partial charge in [-0.25, -0.2) is 0 Å². The van der Waals surface area contributed by atoms with E-state index in [4.69, 9.17) is 10.5 Å². The molecule has 0 amide bonds. The average Bonchev–Trinajstić information content (AvgIpc) is 2.71. The van der Waals surface area contributed by atoms with Crippen LogP contribution in [0.1, 0.15) is 23.4 Å². The van der Waals surface area contributed by atoms with Gasteiger partial charge in [-0.2, -0.15) is 0 Å². The minimum atomic E-state index is 0.333. The lowest BCUT2D eigenvalue weighted by atomic mass is 10.1. The maximum absolute atomic E-state index is 5.91.